The van der Waals surface area contributed by atoms with Crippen LogP contribution in [-0.4, -0.2) is 24.1 Å². The monoisotopic (exact) mass is 195 g/mol. The van der Waals surface area contributed by atoms with Crippen molar-refractivity contribution in [1.82, 2.24) is 9.97 Å². The highest BCUT2D eigenvalue weighted by Gasteiger charge is 2.23. The number of aryl methyl sites for hydroxylation is 1. The van der Waals surface area contributed by atoms with Crippen LogP contribution in [0, 0.1) is 6.92 Å². The second kappa shape index (κ2) is 3.92. The molecule has 0 amide bonds. The van der Waals surface area contributed by atoms with Gasteiger partial charge in [-0.05, 0) is 20.8 Å². The molecule has 1 aromatic rings. The van der Waals surface area contributed by atoms with Crippen LogP contribution in [0.2, 0.25) is 0 Å². The molecule has 4 heteroatoms. The van der Waals surface area contributed by atoms with Crippen molar-refractivity contribution in [2.45, 2.75) is 26.4 Å². The Balaban J connectivity index is 3.15. The molecule has 0 aromatic carbocycles. The minimum Gasteiger partial charge on any atom is -0.373 e. The SMILES string of the molecule is CNc1cc(C)nc(C(C)(C)OC)n1. The number of hydrogen-bond acceptors (Lipinski definition) is 4. The third-order valence-corrected chi connectivity index (χ3v) is 2.16. The lowest BCUT2D eigenvalue weighted by Crippen LogP contribution is -2.23. The van der Waals surface area contributed by atoms with Crippen LogP contribution in [-0.2, 0) is 10.3 Å². The Morgan fingerprint density at radius 3 is 2.50 bits per heavy atom. The summed E-state index contributed by atoms with van der Waals surface area (Å²) in [5, 5.41) is 3.00. The number of ether oxygens (including phenoxy) is 1. The number of nitrogens with zero attached hydrogens (tertiary/aromatic N) is 2. The topological polar surface area (TPSA) is 47.0 Å². The molecule has 0 bridgehead atoms. The van der Waals surface area contributed by atoms with E-state index in [9.17, 15) is 0 Å². The maximum Gasteiger partial charge on any atom is 0.162 e. The van der Waals surface area contributed by atoms with E-state index in [-0.39, 0.29) is 0 Å². The number of anilines is 1. The first-order chi connectivity index (χ1) is 6.49. The lowest BCUT2D eigenvalue weighted by Gasteiger charge is -2.21. The highest BCUT2D eigenvalue weighted by atomic mass is 16.5. The molecule has 0 saturated heterocycles. The minimum atomic E-state index is -0.447. The van der Waals surface area contributed by atoms with Crippen molar-refractivity contribution >= 4 is 5.82 Å². The van der Waals surface area contributed by atoms with Gasteiger partial charge in [-0.2, -0.15) is 0 Å². The van der Waals surface area contributed by atoms with Gasteiger partial charge in [-0.25, -0.2) is 9.97 Å². The predicted octanol–water partition coefficient (Wildman–Crippen LogP) is 1.71. The largest absolute Gasteiger partial charge is 0.373 e. The molecule has 1 rings (SSSR count). The van der Waals surface area contributed by atoms with Crippen LogP contribution in [0.5, 0.6) is 0 Å². The first-order valence-corrected chi connectivity index (χ1v) is 4.58. The predicted molar refractivity (Wildman–Crippen MR) is 56.4 cm³/mol. The summed E-state index contributed by atoms with van der Waals surface area (Å²) >= 11 is 0. The van der Waals surface area contributed by atoms with Gasteiger partial charge >= 0.3 is 0 Å². The van der Waals surface area contributed by atoms with E-state index in [0.717, 1.165) is 11.5 Å². The molecule has 1 heterocycles. The van der Waals surface area contributed by atoms with Crippen molar-refractivity contribution in [3.8, 4) is 0 Å². The van der Waals surface area contributed by atoms with Gasteiger partial charge in [-0.15, -0.1) is 0 Å². The quantitative estimate of drug-likeness (QED) is 0.797. The molecule has 0 saturated carbocycles. The Morgan fingerprint density at radius 1 is 1.36 bits per heavy atom. The smallest absolute Gasteiger partial charge is 0.162 e. The van der Waals surface area contributed by atoms with Gasteiger partial charge in [0.25, 0.3) is 0 Å². The fourth-order valence-corrected chi connectivity index (χ4v) is 1.06. The lowest BCUT2D eigenvalue weighted by atomic mass is 10.1. The molecule has 14 heavy (non-hydrogen) atoms. The number of rotatable bonds is 3. The molecule has 4 nitrogen and oxygen atoms in total. The molecule has 1 N–H and O–H groups in total. The van der Waals surface area contributed by atoms with Crippen molar-refractivity contribution in [3.63, 3.8) is 0 Å². The Labute approximate surface area is 84.7 Å². The molecule has 0 aliphatic heterocycles. The first-order valence-electron chi connectivity index (χ1n) is 4.58. The molecule has 0 radical (unpaired) electrons. The maximum atomic E-state index is 5.33. The zero-order valence-electron chi connectivity index (χ0n) is 9.38. The van der Waals surface area contributed by atoms with Crippen molar-refractivity contribution in [1.29, 1.82) is 0 Å². The summed E-state index contributed by atoms with van der Waals surface area (Å²) in [7, 11) is 3.50. The van der Waals surface area contributed by atoms with Crippen LogP contribution in [0.1, 0.15) is 25.4 Å². The van der Waals surface area contributed by atoms with E-state index in [1.807, 2.05) is 33.9 Å². The van der Waals surface area contributed by atoms with Crippen molar-refractivity contribution in [2.75, 3.05) is 19.5 Å². The highest BCUT2D eigenvalue weighted by molar-refractivity contribution is 5.35. The Kier molecular flexibility index (Phi) is 3.06. The fourth-order valence-electron chi connectivity index (χ4n) is 1.06. The Bertz CT molecular complexity index is 323. The second-order valence-electron chi connectivity index (χ2n) is 3.68. The summed E-state index contributed by atoms with van der Waals surface area (Å²) in [6, 6.07) is 1.90. The van der Waals surface area contributed by atoms with Gasteiger partial charge < -0.3 is 10.1 Å². The fraction of sp³-hybridized carbons (Fsp3) is 0.600. The van der Waals surface area contributed by atoms with E-state index >= 15 is 0 Å². The molecule has 0 fully saturated rings. The van der Waals surface area contributed by atoms with E-state index in [2.05, 4.69) is 15.3 Å². The molecule has 0 aliphatic carbocycles. The maximum absolute atomic E-state index is 5.33. The molecule has 0 aliphatic rings. The van der Waals surface area contributed by atoms with Crippen molar-refractivity contribution < 1.29 is 4.74 Å². The molecule has 0 spiro atoms. The zero-order valence-corrected chi connectivity index (χ0v) is 9.38. The van der Waals surface area contributed by atoms with E-state index in [1.165, 1.54) is 0 Å². The van der Waals surface area contributed by atoms with Gasteiger partial charge in [0, 0.05) is 25.9 Å². The average Bonchev–Trinajstić information content (AvgIpc) is 2.16. The molecular weight excluding hydrogens is 178 g/mol. The first kappa shape index (κ1) is 10.9. The van der Waals surface area contributed by atoms with Crippen LogP contribution in [0.15, 0.2) is 6.07 Å². The number of hydrogen-bond donors (Lipinski definition) is 1. The second-order valence-corrected chi connectivity index (χ2v) is 3.68. The van der Waals surface area contributed by atoms with Gasteiger partial charge in [0.15, 0.2) is 5.82 Å². The molecule has 0 unspecified atom stereocenters. The van der Waals surface area contributed by atoms with Crippen LogP contribution in [0.3, 0.4) is 0 Å². The third kappa shape index (κ3) is 2.20. The van der Waals surface area contributed by atoms with Crippen LogP contribution in [0.25, 0.3) is 0 Å². The zero-order chi connectivity index (χ0) is 10.8. The van der Waals surface area contributed by atoms with E-state index in [0.29, 0.717) is 5.82 Å². The third-order valence-electron chi connectivity index (χ3n) is 2.16. The van der Waals surface area contributed by atoms with Crippen LogP contribution in [0.4, 0.5) is 5.82 Å². The molecular formula is C10H17N3O. The number of methoxy groups -OCH3 is 1. The highest BCUT2D eigenvalue weighted by Crippen LogP contribution is 2.21. The van der Waals surface area contributed by atoms with Crippen molar-refractivity contribution in [3.05, 3.63) is 17.6 Å². The van der Waals surface area contributed by atoms with Crippen LogP contribution >= 0.6 is 0 Å². The summed E-state index contributed by atoms with van der Waals surface area (Å²) < 4.78 is 5.33. The standard InChI is InChI=1S/C10H17N3O/c1-7-6-8(11-4)13-9(12-7)10(2,3)14-5/h6H,1-5H3,(H,11,12,13). The van der Waals surface area contributed by atoms with Gasteiger partial charge in [0.2, 0.25) is 0 Å². The summed E-state index contributed by atoms with van der Waals surface area (Å²) in [4.78, 5) is 8.70. The summed E-state index contributed by atoms with van der Waals surface area (Å²) in [6.07, 6.45) is 0. The Hall–Kier alpha value is -1.16. The van der Waals surface area contributed by atoms with E-state index in [1.54, 1.807) is 7.11 Å². The normalized spacial score (nSPS) is 11.5. The molecule has 0 atom stereocenters. The van der Waals surface area contributed by atoms with Gasteiger partial charge in [0.1, 0.15) is 11.4 Å². The van der Waals surface area contributed by atoms with E-state index < -0.39 is 5.60 Å². The minimum absolute atomic E-state index is 0.447. The van der Waals surface area contributed by atoms with Crippen LogP contribution < -0.4 is 5.32 Å². The summed E-state index contributed by atoms with van der Waals surface area (Å²) in [5.74, 6) is 1.52. The van der Waals surface area contributed by atoms with Crippen molar-refractivity contribution in [2.24, 2.45) is 0 Å². The summed E-state index contributed by atoms with van der Waals surface area (Å²) in [5.41, 5.74) is 0.488. The van der Waals surface area contributed by atoms with Gasteiger partial charge in [-0.1, -0.05) is 0 Å². The number of nitrogens with one attached hydrogen (secondary N) is 1. The van der Waals surface area contributed by atoms with Gasteiger partial charge in [-0.3, -0.25) is 0 Å². The van der Waals surface area contributed by atoms with E-state index in [4.69, 9.17) is 4.74 Å². The Morgan fingerprint density at radius 2 is 2.00 bits per heavy atom. The molecule has 78 valence electrons. The lowest BCUT2D eigenvalue weighted by molar-refractivity contribution is 0.0114. The summed E-state index contributed by atoms with van der Waals surface area (Å²) in [6.45, 7) is 5.83. The molecule has 1 aromatic heterocycles. The number of aromatic nitrogens is 2. The van der Waals surface area contributed by atoms with Gasteiger partial charge in [0.05, 0.1) is 0 Å². The average molecular weight is 195 g/mol.